The summed E-state index contributed by atoms with van der Waals surface area (Å²) in [7, 11) is 0. The lowest BCUT2D eigenvalue weighted by atomic mass is 9.87. The molecule has 0 aliphatic heterocycles. The summed E-state index contributed by atoms with van der Waals surface area (Å²) in [6, 6.07) is 0. The summed E-state index contributed by atoms with van der Waals surface area (Å²) in [4.78, 5) is 11.8. The summed E-state index contributed by atoms with van der Waals surface area (Å²) in [5, 5.41) is 0. The third kappa shape index (κ3) is 4.34. The number of hydrogen-bond donors (Lipinski definition) is 0. The van der Waals surface area contributed by atoms with Gasteiger partial charge in [0.25, 0.3) is 0 Å². The van der Waals surface area contributed by atoms with Crippen LogP contribution in [-0.2, 0) is 4.79 Å². The zero-order valence-corrected chi connectivity index (χ0v) is 11.0. The minimum absolute atomic E-state index is 0.179. The Morgan fingerprint density at radius 1 is 1.31 bits per heavy atom. The van der Waals surface area contributed by atoms with E-state index in [9.17, 15) is 4.79 Å². The van der Waals surface area contributed by atoms with Gasteiger partial charge < -0.3 is 0 Å². The highest BCUT2D eigenvalue weighted by Gasteiger charge is 2.16. The van der Waals surface area contributed by atoms with Crippen LogP contribution in [0.1, 0.15) is 53.4 Å². The van der Waals surface area contributed by atoms with Gasteiger partial charge >= 0.3 is 0 Å². The van der Waals surface area contributed by atoms with Crippen molar-refractivity contribution in [3.8, 4) is 0 Å². The molecule has 0 saturated carbocycles. The van der Waals surface area contributed by atoms with E-state index >= 15 is 0 Å². The van der Waals surface area contributed by atoms with Gasteiger partial charge in [0, 0.05) is 12.3 Å². The van der Waals surface area contributed by atoms with Crippen LogP contribution in [0.15, 0.2) is 23.8 Å². The summed E-state index contributed by atoms with van der Waals surface area (Å²) >= 11 is 0. The van der Waals surface area contributed by atoms with Crippen molar-refractivity contribution in [3.63, 3.8) is 0 Å². The molecule has 0 bridgehead atoms. The molecule has 1 rings (SSSR count). The van der Waals surface area contributed by atoms with Crippen molar-refractivity contribution in [2.75, 3.05) is 0 Å². The lowest BCUT2D eigenvalue weighted by molar-refractivity contribution is -0.122. The van der Waals surface area contributed by atoms with Crippen molar-refractivity contribution in [1.29, 1.82) is 0 Å². The highest BCUT2D eigenvalue weighted by atomic mass is 16.1. The van der Waals surface area contributed by atoms with E-state index in [1.54, 1.807) is 0 Å². The highest BCUT2D eigenvalue weighted by molar-refractivity contribution is 5.81. The molecule has 0 aromatic heterocycles. The molecular formula is C15H24O. The van der Waals surface area contributed by atoms with E-state index in [0.29, 0.717) is 12.2 Å². The highest BCUT2D eigenvalue weighted by Crippen LogP contribution is 2.26. The second kappa shape index (κ2) is 5.47. The first-order valence-corrected chi connectivity index (χ1v) is 6.27. The molecule has 0 amide bonds. The Morgan fingerprint density at radius 3 is 2.69 bits per heavy atom. The zero-order chi connectivity index (χ0) is 12.2. The molecule has 0 N–H and O–H groups in total. The molecule has 0 spiro atoms. The minimum atomic E-state index is 0.179. The lowest BCUT2D eigenvalue weighted by Gasteiger charge is -2.18. The van der Waals surface area contributed by atoms with Crippen LogP contribution in [0.3, 0.4) is 0 Å². The standard InChI is InChI=1S/C15H24O/c1-12-7-8-14(16)13(2)6-5-10-15(3,4)11-9-12/h5,9-10,13H,6-8,11H2,1-4H3/b10-5+,12-9-/t13-/m1/s1. The summed E-state index contributed by atoms with van der Waals surface area (Å²) in [5.74, 6) is 0.579. The Balaban J connectivity index is 2.81. The topological polar surface area (TPSA) is 17.1 Å². The monoisotopic (exact) mass is 220 g/mol. The van der Waals surface area contributed by atoms with E-state index in [1.165, 1.54) is 5.57 Å². The molecule has 0 heterocycles. The number of carbonyl (C=O) groups excluding carboxylic acids is 1. The quantitative estimate of drug-likeness (QED) is 0.556. The Bertz CT molecular complexity index is 307. The van der Waals surface area contributed by atoms with Crippen LogP contribution in [-0.4, -0.2) is 5.78 Å². The molecule has 90 valence electrons. The van der Waals surface area contributed by atoms with E-state index in [-0.39, 0.29) is 11.3 Å². The Hall–Kier alpha value is -0.850. The zero-order valence-electron chi connectivity index (χ0n) is 11.0. The fourth-order valence-electron chi connectivity index (χ4n) is 1.90. The average Bonchev–Trinajstić information content (AvgIpc) is 2.23. The molecule has 1 nitrogen and oxygen atoms in total. The van der Waals surface area contributed by atoms with E-state index in [0.717, 1.165) is 19.3 Å². The minimum Gasteiger partial charge on any atom is -0.299 e. The van der Waals surface area contributed by atoms with E-state index in [4.69, 9.17) is 0 Å². The SMILES string of the molecule is C/C1=C/CC(C)(C)/C=C/C[C@@H](C)C(=O)CC1. The van der Waals surface area contributed by atoms with Crippen LogP contribution >= 0.6 is 0 Å². The second-order valence-corrected chi connectivity index (χ2v) is 5.75. The molecule has 0 aromatic rings. The molecule has 1 aliphatic rings. The van der Waals surface area contributed by atoms with Gasteiger partial charge in [-0.3, -0.25) is 4.79 Å². The van der Waals surface area contributed by atoms with Gasteiger partial charge in [-0.15, -0.1) is 0 Å². The lowest BCUT2D eigenvalue weighted by Crippen LogP contribution is -2.10. The van der Waals surface area contributed by atoms with Gasteiger partial charge in [-0.25, -0.2) is 0 Å². The first-order chi connectivity index (χ1) is 7.41. The molecular weight excluding hydrogens is 196 g/mol. The number of ketones is 1. The summed E-state index contributed by atoms with van der Waals surface area (Å²) in [6.07, 6.45) is 10.3. The third-order valence-electron chi connectivity index (χ3n) is 3.35. The van der Waals surface area contributed by atoms with Crippen molar-refractivity contribution in [2.45, 2.75) is 53.4 Å². The van der Waals surface area contributed by atoms with Gasteiger partial charge in [0.05, 0.1) is 0 Å². The number of hydrogen-bond acceptors (Lipinski definition) is 1. The van der Waals surface area contributed by atoms with Crippen LogP contribution in [0.5, 0.6) is 0 Å². The van der Waals surface area contributed by atoms with Crippen LogP contribution < -0.4 is 0 Å². The van der Waals surface area contributed by atoms with Crippen molar-refractivity contribution in [1.82, 2.24) is 0 Å². The Kier molecular flexibility index (Phi) is 4.52. The first-order valence-electron chi connectivity index (χ1n) is 6.27. The molecule has 16 heavy (non-hydrogen) atoms. The molecule has 0 fully saturated rings. The molecule has 1 aliphatic carbocycles. The maximum Gasteiger partial charge on any atom is 0.136 e. The second-order valence-electron chi connectivity index (χ2n) is 5.75. The molecule has 0 saturated heterocycles. The average molecular weight is 220 g/mol. The smallest absolute Gasteiger partial charge is 0.136 e. The predicted octanol–water partition coefficient (Wildman–Crippen LogP) is 4.29. The van der Waals surface area contributed by atoms with Gasteiger partial charge in [-0.2, -0.15) is 0 Å². The number of rotatable bonds is 0. The summed E-state index contributed by atoms with van der Waals surface area (Å²) < 4.78 is 0. The maximum absolute atomic E-state index is 11.8. The van der Waals surface area contributed by atoms with Gasteiger partial charge in [-0.05, 0) is 31.6 Å². The maximum atomic E-state index is 11.8. The van der Waals surface area contributed by atoms with Crippen molar-refractivity contribution >= 4 is 5.78 Å². The molecule has 1 heteroatoms. The molecule has 0 aromatic carbocycles. The van der Waals surface area contributed by atoms with Gasteiger partial charge in [-0.1, -0.05) is 44.6 Å². The summed E-state index contributed by atoms with van der Waals surface area (Å²) in [5.41, 5.74) is 1.57. The van der Waals surface area contributed by atoms with Crippen molar-refractivity contribution in [2.24, 2.45) is 11.3 Å². The normalized spacial score (nSPS) is 32.4. The number of Topliss-reactive ketones (excluding diaryl/α,β-unsaturated/α-hetero) is 1. The molecule has 0 radical (unpaired) electrons. The van der Waals surface area contributed by atoms with Crippen molar-refractivity contribution in [3.05, 3.63) is 23.8 Å². The van der Waals surface area contributed by atoms with Crippen LogP contribution in [0.4, 0.5) is 0 Å². The number of allylic oxidation sites excluding steroid dienone is 4. The van der Waals surface area contributed by atoms with E-state index in [2.05, 4.69) is 39.0 Å². The predicted molar refractivity (Wildman–Crippen MR) is 69.3 cm³/mol. The van der Waals surface area contributed by atoms with Crippen LogP contribution in [0, 0.1) is 11.3 Å². The van der Waals surface area contributed by atoms with E-state index in [1.807, 2.05) is 6.92 Å². The Labute approximate surface area is 99.6 Å². The van der Waals surface area contributed by atoms with Gasteiger partial charge in [0.2, 0.25) is 0 Å². The fraction of sp³-hybridized carbons (Fsp3) is 0.667. The molecule has 1 atom stereocenters. The first kappa shape index (κ1) is 13.2. The summed E-state index contributed by atoms with van der Waals surface area (Å²) in [6.45, 7) is 8.67. The fourth-order valence-corrected chi connectivity index (χ4v) is 1.90. The van der Waals surface area contributed by atoms with E-state index < -0.39 is 0 Å². The van der Waals surface area contributed by atoms with Crippen LogP contribution in [0.2, 0.25) is 0 Å². The van der Waals surface area contributed by atoms with Crippen LogP contribution in [0.25, 0.3) is 0 Å². The van der Waals surface area contributed by atoms with Gasteiger partial charge in [0.1, 0.15) is 5.78 Å². The number of carbonyl (C=O) groups is 1. The van der Waals surface area contributed by atoms with Gasteiger partial charge in [0.15, 0.2) is 0 Å². The van der Waals surface area contributed by atoms with Crippen molar-refractivity contribution < 1.29 is 4.79 Å². The largest absolute Gasteiger partial charge is 0.299 e. The Morgan fingerprint density at radius 2 is 2.00 bits per heavy atom. The third-order valence-corrected chi connectivity index (χ3v) is 3.35. The molecule has 0 unspecified atom stereocenters.